The molecule has 0 bridgehead atoms. The number of benzene rings is 2. The minimum atomic E-state index is 1.02. The summed E-state index contributed by atoms with van der Waals surface area (Å²) in [6.45, 7) is 6.28. The number of aromatic nitrogens is 2. The molecular formula is C32H34N2S2+2. The first-order valence-corrected chi connectivity index (χ1v) is 14.8. The molecule has 4 rings (SSSR count). The lowest BCUT2D eigenvalue weighted by Crippen LogP contribution is -2.34. The SMILES string of the molecule is Cc1ccc(/C=C/c2cc[n+](CCSSCC[n+]3ccc(/C=C/c4ccc(C)cc4)cc3)cc2)cc1. The molecule has 0 aliphatic heterocycles. The van der Waals surface area contributed by atoms with Gasteiger partial charge in [0.1, 0.15) is 0 Å². The minimum absolute atomic E-state index is 1.02. The molecule has 0 atom stereocenters. The molecule has 0 saturated heterocycles. The molecule has 0 fully saturated rings. The zero-order valence-electron chi connectivity index (χ0n) is 21.1. The third-order valence-corrected chi connectivity index (χ3v) is 8.24. The van der Waals surface area contributed by atoms with Gasteiger partial charge >= 0.3 is 0 Å². The summed E-state index contributed by atoms with van der Waals surface area (Å²) in [5, 5.41) is 0. The molecule has 4 aromatic rings. The van der Waals surface area contributed by atoms with Crippen LogP contribution >= 0.6 is 21.6 Å². The summed E-state index contributed by atoms with van der Waals surface area (Å²) in [6.07, 6.45) is 17.4. The quantitative estimate of drug-likeness (QED) is 0.119. The third kappa shape index (κ3) is 8.85. The molecule has 0 aliphatic carbocycles. The lowest BCUT2D eigenvalue weighted by molar-refractivity contribution is -0.692. The fourth-order valence-corrected chi connectivity index (χ4v) is 5.56. The third-order valence-electron chi connectivity index (χ3n) is 5.87. The first-order chi connectivity index (χ1) is 17.6. The van der Waals surface area contributed by atoms with Gasteiger partial charge in [-0.05, 0) is 36.1 Å². The molecule has 0 radical (unpaired) electrons. The molecule has 36 heavy (non-hydrogen) atoms. The highest BCUT2D eigenvalue weighted by Gasteiger charge is 2.03. The maximum atomic E-state index is 2.26. The second kappa shape index (κ2) is 13.9. The zero-order valence-corrected chi connectivity index (χ0v) is 22.7. The van der Waals surface area contributed by atoms with Crippen LogP contribution in [0.4, 0.5) is 0 Å². The monoisotopic (exact) mass is 510 g/mol. The Labute approximate surface area is 223 Å². The van der Waals surface area contributed by atoms with Crippen LogP contribution in [0.2, 0.25) is 0 Å². The van der Waals surface area contributed by atoms with Crippen molar-refractivity contribution in [2.75, 3.05) is 11.5 Å². The van der Waals surface area contributed by atoms with E-state index in [2.05, 4.69) is 145 Å². The highest BCUT2D eigenvalue weighted by Crippen LogP contribution is 2.20. The van der Waals surface area contributed by atoms with E-state index in [1.54, 1.807) is 0 Å². The normalized spacial score (nSPS) is 11.5. The summed E-state index contributed by atoms with van der Waals surface area (Å²) >= 11 is 0. The fraction of sp³-hybridized carbons (Fsp3) is 0.188. The van der Waals surface area contributed by atoms with Crippen molar-refractivity contribution in [3.8, 4) is 0 Å². The predicted octanol–water partition coefficient (Wildman–Crippen LogP) is 7.30. The van der Waals surface area contributed by atoms with E-state index >= 15 is 0 Å². The molecule has 2 nitrogen and oxygen atoms in total. The van der Waals surface area contributed by atoms with Gasteiger partial charge < -0.3 is 0 Å². The van der Waals surface area contributed by atoms with Crippen LogP contribution in [0.15, 0.2) is 97.6 Å². The molecule has 4 heteroatoms. The van der Waals surface area contributed by atoms with E-state index in [0.717, 1.165) is 24.6 Å². The standard InChI is InChI=1S/C32H34N2S2/c1-27-3-7-29(8-4-27)11-13-31-15-19-33(20-16-31)23-25-35-36-26-24-34-21-17-32(18-22-34)14-12-30-9-5-28(2)6-10-30/h3-22H,23-26H2,1-2H3/q+2/b13-11+,14-12+. The zero-order chi connectivity index (χ0) is 25.0. The number of hydrogen-bond donors (Lipinski definition) is 0. The van der Waals surface area contributed by atoms with Crippen LogP contribution in [0.1, 0.15) is 33.4 Å². The fourth-order valence-electron chi connectivity index (χ4n) is 3.60. The Balaban J connectivity index is 1.12. The van der Waals surface area contributed by atoms with Gasteiger partial charge in [0.2, 0.25) is 0 Å². The van der Waals surface area contributed by atoms with Crippen LogP contribution < -0.4 is 9.13 Å². The molecule has 0 N–H and O–H groups in total. The Morgan fingerprint density at radius 2 is 0.778 bits per heavy atom. The van der Waals surface area contributed by atoms with Gasteiger partial charge in [0.15, 0.2) is 37.9 Å². The van der Waals surface area contributed by atoms with Crippen LogP contribution in [-0.4, -0.2) is 11.5 Å². The first kappa shape index (κ1) is 26.0. The van der Waals surface area contributed by atoms with Crippen LogP contribution in [0.25, 0.3) is 24.3 Å². The van der Waals surface area contributed by atoms with Gasteiger partial charge in [-0.25, -0.2) is 9.13 Å². The summed E-state index contributed by atoms with van der Waals surface area (Å²) in [5.41, 5.74) is 7.49. The Morgan fingerprint density at radius 1 is 0.472 bits per heavy atom. The van der Waals surface area contributed by atoms with E-state index in [1.807, 2.05) is 21.6 Å². The molecule has 0 amide bonds. The summed E-state index contributed by atoms with van der Waals surface area (Å²) in [7, 11) is 3.89. The van der Waals surface area contributed by atoms with Crippen LogP contribution in [-0.2, 0) is 13.1 Å². The number of nitrogens with zero attached hydrogens (tertiary/aromatic N) is 2. The highest BCUT2D eigenvalue weighted by atomic mass is 33.1. The number of hydrogen-bond acceptors (Lipinski definition) is 2. The predicted molar refractivity (Wildman–Crippen MR) is 158 cm³/mol. The molecule has 0 unspecified atom stereocenters. The van der Waals surface area contributed by atoms with E-state index in [4.69, 9.17) is 0 Å². The van der Waals surface area contributed by atoms with Crippen molar-refractivity contribution < 1.29 is 9.13 Å². The lowest BCUT2D eigenvalue weighted by Gasteiger charge is -2.00. The summed E-state index contributed by atoms with van der Waals surface area (Å²) in [6, 6.07) is 25.9. The number of pyridine rings is 2. The second-order valence-corrected chi connectivity index (χ2v) is 11.6. The van der Waals surface area contributed by atoms with E-state index in [-0.39, 0.29) is 0 Å². The summed E-state index contributed by atoms with van der Waals surface area (Å²) in [4.78, 5) is 0. The van der Waals surface area contributed by atoms with Crippen molar-refractivity contribution in [2.45, 2.75) is 26.9 Å². The van der Waals surface area contributed by atoms with E-state index in [0.29, 0.717) is 0 Å². The van der Waals surface area contributed by atoms with Gasteiger partial charge in [0.25, 0.3) is 0 Å². The average Bonchev–Trinajstić information content (AvgIpc) is 2.91. The van der Waals surface area contributed by atoms with Gasteiger partial charge in [-0.3, -0.25) is 0 Å². The van der Waals surface area contributed by atoms with Crippen molar-refractivity contribution in [3.05, 3.63) is 131 Å². The van der Waals surface area contributed by atoms with Gasteiger partial charge in [0, 0.05) is 24.3 Å². The van der Waals surface area contributed by atoms with Crippen molar-refractivity contribution in [2.24, 2.45) is 0 Å². The summed E-state index contributed by atoms with van der Waals surface area (Å²) in [5.74, 6) is 2.20. The van der Waals surface area contributed by atoms with Crippen molar-refractivity contribution >= 4 is 45.9 Å². The Morgan fingerprint density at radius 3 is 1.11 bits per heavy atom. The number of rotatable bonds is 11. The Bertz CT molecular complexity index is 1160. The number of aryl methyl sites for hydroxylation is 4. The molecular weight excluding hydrogens is 477 g/mol. The maximum absolute atomic E-state index is 2.26. The van der Waals surface area contributed by atoms with Crippen molar-refractivity contribution in [1.82, 2.24) is 0 Å². The molecule has 0 spiro atoms. The average molecular weight is 511 g/mol. The first-order valence-electron chi connectivity index (χ1n) is 12.4. The molecule has 2 aromatic carbocycles. The van der Waals surface area contributed by atoms with Crippen LogP contribution in [0.3, 0.4) is 0 Å². The van der Waals surface area contributed by atoms with E-state index in [9.17, 15) is 0 Å². The van der Waals surface area contributed by atoms with Crippen LogP contribution in [0, 0.1) is 13.8 Å². The van der Waals surface area contributed by atoms with Crippen molar-refractivity contribution in [3.63, 3.8) is 0 Å². The Kier molecular flexibility index (Phi) is 10.0. The Hall–Kier alpha value is -3.08. The van der Waals surface area contributed by atoms with Gasteiger partial charge in [-0.2, -0.15) is 0 Å². The van der Waals surface area contributed by atoms with Gasteiger partial charge in [-0.15, -0.1) is 0 Å². The van der Waals surface area contributed by atoms with Crippen molar-refractivity contribution in [1.29, 1.82) is 0 Å². The molecule has 182 valence electrons. The van der Waals surface area contributed by atoms with E-state index < -0.39 is 0 Å². The maximum Gasteiger partial charge on any atom is 0.169 e. The molecule has 0 aliphatic rings. The second-order valence-electron chi connectivity index (χ2n) is 8.87. The highest BCUT2D eigenvalue weighted by molar-refractivity contribution is 8.76. The van der Waals surface area contributed by atoms with Gasteiger partial charge in [-0.1, -0.05) is 106 Å². The van der Waals surface area contributed by atoms with E-state index in [1.165, 1.54) is 33.4 Å². The lowest BCUT2D eigenvalue weighted by atomic mass is 10.1. The molecule has 0 saturated carbocycles. The minimum Gasteiger partial charge on any atom is -0.204 e. The topological polar surface area (TPSA) is 7.76 Å². The van der Waals surface area contributed by atoms with Crippen LogP contribution in [0.5, 0.6) is 0 Å². The molecule has 2 heterocycles. The largest absolute Gasteiger partial charge is 0.204 e. The smallest absolute Gasteiger partial charge is 0.169 e. The van der Waals surface area contributed by atoms with Gasteiger partial charge in [0.05, 0.1) is 11.5 Å². The summed E-state index contributed by atoms with van der Waals surface area (Å²) < 4.78 is 4.52. The molecule has 2 aromatic heterocycles.